The Hall–Kier alpha value is -2.59. The summed E-state index contributed by atoms with van der Waals surface area (Å²) in [6.45, 7) is 5.69. The Morgan fingerprint density at radius 1 is 1.08 bits per heavy atom. The van der Waals surface area contributed by atoms with Crippen LogP contribution in [0.2, 0.25) is 5.02 Å². The van der Waals surface area contributed by atoms with E-state index in [4.69, 9.17) is 16.1 Å². The zero-order chi connectivity index (χ0) is 17.3. The number of aryl methyl sites for hydroxylation is 3. The fourth-order valence-corrected chi connectivity index (χ4v) is 2.94. The summed E-state index contributed by atoms with van der Waals surface area (Å²) < 4.78 is 5.24. The van der Waals surface area contributed by atoms with Gasteiger partial charge in [-0.05, 0) is 50.1 Å². The molecule has 5 heteroatoms. The number of rotatable bonds is 3. The van der Waals surface area contributed by atoms with Crippen LogP contribution in [0.1, 0.15) is 27.2 Å². The number of hydrogen-bond acceptors (Lipinski definition) is 3. The lowest BCUT2D eigenvalue weighted by atomic mass is 10.1. The van der Waals surface area contributed by atoms with Gasteiger partial charge in [-0.1, -0.05) is 41.0 Å². The molecule has 122 valence electrons. The molecule has 0 aliphatic carbocycles. The molecule has 0 spiro atoms. The lowest BCUT2D eigenvalue weighted by molar-refractivity contribution is 0.102. The molecule has 3 rings (SSSR count). The smallest absolute Gasteiger partial charge is 0.261 e. The summed E-state index contributed by atoms with van der Waals surface area (Å²) in [6, 6.07) is 13.1. The Morgan fingerprint density at radius 3 is 2.42 bits per heavy atom. The molecule has 2 aromatic carbocycles. The quantitative estimate of drug-likeness (QED) is 0.715. The van der Waals surface area contributed by atoms with Gasteiger partial charge in [-0.3, -0.25) is 4.79 Å². The van der Waals surface area contributed by atoms with Crippen molar-refractivity contribution in [3.05, 3.63) is 69.9 Å². The summed E-state index contributed by atoms with van der Waals surface area (Å²) in [6.07, 6.45) is 0. The van der Waals surface area contributed by atoms with E-state index in [1.54, 1.807) is 13.0 Å². The normalized spacial score (nSPS) is 10.7. The van der Waals surface area contributed by atoms with Crippen LogP contribution in [-0.2, 0) is 0 Å². The summed E-state index contributed by atoms with van der Waals surface area (Å²) in [5, 5.41) is 7.46. The van der Waals surface area contributed by atoms with Crippen LogP contribution < -0.4 is 5.32 Å². The number of hydrogen-bond donors (Lipinski definition) is 1. The van der Waals surface area contributed by atoms with Crippen molar-refractivity contribution < 1.29 is 9.32 Å². The number of nitrogens with one attached hydrogen (secondary N) is 1. The predicted molar refractivity (Wildman–Crippen MR) is 95.6 cm³/mol. The molecule has 0 aliphatic rings. The van der Waals surface area contributed by atoms with Gasteiger partial charge in [0, 0.05) is 11.3 Å². The second-order valence-corrected chi connectivity index (χ2v) is 6.18. The van der Waals surface area contributed by atoms with E-state index in [9.17, 15) is 4.79 Å². The number of carbonyl (C=O) groups is 1. The van der Waals surface area contributed by atoms with E-state index in [1.807, 2.05) is 44.2 Å². The molecule has 0 saturated carbocycles. The SMILES string of the molecule is Cc1cc(C)cc(NC(=O)c2c(-c3ccccc3Cl)noc2C)c1. The maximum Gasteiger partial charge on any atom is 0.261 e. The molecule has 0 bridgehead atoms. The molecule has 1 N–H and O–H groups in total. The van der Waals surface area contributed by atoms with Crippen molar-refractivity contribution in [2.45, 2.75) is 20.8 Å². The monoisotopic (exact) mass is 340 g/mol. The summed E-state index contributed by atoms with van der Waals surface area (Å²) in [5.41, 5.74) is 4.41. The molecule has 3 aromatic rings. The van der Waals surface area contributed by atoms with Crippen molar-refractivity contribution in [3.8, 4) is 11.3 Å². The van der Waals surface area contributed by atoms with Crippen LogP contribution in [0.4, 0.5) is 5.69 Å². The fourth-order valence-electron chi connectivity index (χ4n) is 2.72. The van der Waals surface area contributed by atoms with Gasteiger partial charge in [0.1, 0.15) is 17.0 Å². The van der Waals surface area contributed by atoms with Gasteiger partial charge in [-0.15, -0.1) is 0 Å². The van der Waals surface area contributed by atoms with Crippen molar-refractivity contribution in [1.82, 2.24) is 5.16 Å². The van der Waals surface area contributed by atoms with Crippen LogP contribution in [0, 0.1) is 20.8 Å². The Balaban J connectivity index is 1.99. The Kier molecular flexibility index (Phi) is 4.40. The molecule has 1 heterocycles. The van der Waals surface area contributed by atoms with E-state index in [1.165, 1.54) is 0 Å². The first-order valence-electron chi connectivity index (χ1n) is 7.56. The molecular weight excluding hydrogens is 324 g/mol. The fraction of sp³-hybridized carbons (Fsp3) is 0.158. The number of aromatic nitrogens is 1. The van der Waals surface area contributed by atoms with Gasteiger partial charge in [-0.2, -0.15) is 0 Å². The summed E-state index contributed by atoms with van der Waals surface area (Å²) in [4.78, 5) is 12.8. The van der Waals surface area contributed by atoms with Crippen LogP contribution in [-0.4, -0.2) is 11.1 Å². The molecule has 0 fully saturated rings. The number of nitrogens with zero attached hydrogens (tertiary/aromatic N) is 1. The molecule has 24 heavy (non-hydrogen) atoms. The summed E-state index contributed by atoms with van der Waals surface area (Å²) in [7, 11) is 0. The predicted octanol–water partition coefficient (Wildman–Crippen LogP) is 5.17. The van der Waals surface area contributed by atoms with Gasteiger partial charge >= 0.3 is 0 Å². The molecule has 0 atom stereocenters. The molecule has 1 aromatic heterocycles. The number of amides is 1. The van der Waals surface area contributed by atoms with Gasteiger partial charge in [0.2, 0.25) is 0 Å². The summed E-state index contributed by atoms with van der Waals surface area (Å²) >= 11 is 6.23. The van der Waals surface area contributed by atoms with Crippen LogP contribution in [0.15, 0.2) is 47.0 Å². The molecule has 0 radical (unpaired) electrons. The first-order valence-corrected chi connectivity index (χ1v) is 7.94. The molecule has 1 amide bonds. The maximum absolute atomic E-state index is 12.8. The van der Waals surface area contributed by atoms with E-state index in [0.29, 0.717) is 27.6 Å². The van der Waals surface area contributed by atoms with Crippen LogP contribution in [0.25, 0.3) is 11.3 Å². The number of carbonyl (C=O) groups excluding carboxylic acids is 1. The largest absolute Gasteiger partial charge is 0.360 e. The van der Waals surface area contributed by atoms with Crippen molar-refractivity contribution >= 4 is 23.2 Å². The average molecular weight is 341 g/mol. The van der Waals surface area contributed by atoms with Crippen LogP contribution >= 0.6 is 11.6 Å². The highest BCUT2D eigenvalue weighted by atomic mass is 35.5. The topological polar surface area (TPSA) is 55.1 Å². The lowest BCUT2D eigenvalue weighted by Crippen LogP contribution is -2.13. The second-order valence-electron chi connectivity index (χ2n) is 5.77. The number of benzene rings is 2. The Morgan fingerprint density at radius 2 is 1.75 bits per heavy atom. The van der Waals surface area contributed by atoms with E-state index < -0.39 is 0 Å². The third-order valence-electron chi connectivity index (χ3n) is 3.70. The van der Waals surface area contributed by atoms with E-state index >= 15 is 0 Å². The van der Waals surface area contributed by atoms with Gasteiger partial charge in [0.15, 0.2) is 0 Å². The first-order chi connectivity index (χ1) is 11.5. The number of anilines is 1. The van der Waals surface area contributed by atoms with Crippen LogP contribution in [0.3, 0.4) is 0 Å². The van der Waals surface area contributed by atoms with Crippen LogP contribution in [0.5, 0.6) is 0 Å². The third-order valence-corrected chi connectivity index (χ3v) is 4.03. The highest BCUT2D eigenvalue weighted by molar-refractivity contribution is 6.33. The Bertz CT molecular complexity index is 895. The van der Waals surface area contributed by atoms with E-state index in [2.05, 4.69) is 16.5 Å². The molecular formula is C19H17ClN2O2. The third kappa shape index (κ3) is 3.19. The zero-order valence-electron chi connectivity index (χ0n) is 13.7. The minimum Gasteiger partial charge on any atom is -0.360 e. The van der Waals surface area contributed by atoms with Crippen molar-refractivity contribution in [3.63, 3.8) is 0 Å². The highest BCUT2D eigenvalue weighted by Gasteiger charge is 2.23. The first kappa shape index (κ1) is 16.3. The minimum absolute atomic E-state index is 0.270. The second kappa shape index (κ2) is 6.49. The van der Waals surface area contributed by atoms with E-state index in [0.717, 1.165) is 16.8 Å². The summed E-state index contributed by atoms with van der Waals surface area (Å²) in [5.74, 6) is 0.181. The highest BCUT2D eigenvalue weighted by Crippen LogP contribution is 2.31. The minimum atomic E-state index is -0.270. The Labute approximate surface area is 145 Å². The van der Waals surface area contributed by atoms with Crippen molar-refractivity contribution in [2.75, 3.05) is 5.32 Å². The van der Waals surface area contributed by atoms with Gasteiger partial charge in [-0.25, -0.2) is 0 Å². The molecule has 0 saturated heterocycles. The van der Waals surface area contributed by atoms with Gasteiger partial charge in [0.05, 0.1) is 5.02 Å². The average Bonchev–Trinajstić information content (AvgIpc) is 2.88. The van der Waals surface area contributed by atoms with Crippen molar-refractivity contribution in [1.29, 1.82) is 0 Å². The van der Waals surface area contributed by atoms with Crippen molar-refractivity contribution in [2.24, 2.45) is 0 Å². The maximum atomic E-state index is 12.8. The van der Waals surface area contributed by atoms with Gasteiger partial charge in [0.25, 0.3) is 5.91 Å². The number of halogens is 1. The van der Waals surface area contributed by atoms with Gasteiger partial charge < -0.3 is 9.84 Å². The molecule has 0 unspecified atom stereocenters. The van der Waals surface area contributed by atoms with E-state index in [-0.39, 0.29) is 5.91 Å². The zero-order valence-corrected chi connectivity index (χ0v) is 14.4. The standard InChI is InChI=1S/C19H17ClN2O2/c1-11-8-12(2)10-14(9-11)21-19(23)17-13(3)24-22-18(17)15-6-4-5-7-16(15)20/h4-10H,1-3H3,(H,21,23). The lowest BCUT2D eigenvalue weighted by Gasteiger charge is -2.08. The molecule has 4 nitrogen and oxygen atoms in total. The molecule has 0 aliphatic heterocycles.